The van der Waals surface area contributed by atoms with Crippen LogP contribution in [0.3, 0.4) is 0 Å². The molecule has 0 radical (unpaired) electrons. The van der Waals surface area contributed by atoms with E-state index in [1.165, 1.54) is 0 Å². The van der Waals surface area contributed by atoms with Gasteiger partial charge in [-0.1, -0.05) is 58.6 Å². The summed E-state index contributed by atoms with van der Waals surface area (Å²) in [5, 5.41) is 7.03. The van der Waals surface area contributed by atoms with E-state index in [0.29, 0.717) is 5.56 Å². The van der Waals surface area contributed by atoms with Crippen molar-refractivity contribution in [3.05, 3.63) is 40.4 Å². The molecule has 0 spiro atoms. The van der Waals surface area contributed by atoms with Gasteiger partial charge >= 0.3 is 6.09 Å². The number of carbonyl (C=O) groups excluding carboxylic acids is 1. The van der Waals surface area contributed by atoms with Crippen LogP contribution in [-0.4, -0.2) is 12.7 Å². The lowest BCUT2D eigenvalue weighted by Gasteiger charge is -2.00. The van der Waals surface area contributed by atoms with Crippen LogP contribution in [0.25, 0.3) is 5.70 Å². The molecule has 1 aromatic rings. The average molecular weight is 273 g/mol. The Labute approximate surface area is 109 Å². The summed E-state index contributed by atoms with van der Waals surface area (Å²) in [7, 11) is 0. The van der Waals surface area contributed by atoms with Crippen molar-refractivity contribution in [3.63, 3.8) is 0 Å². The summed E-state index contributed by atoms with van der Waals surface area (Å²) in [6.07, 6.45) is -0.782. The number of amides is 1. The van der Waals surface area contributed by atoms with Crippen LogP contribution in [0.1, 0.15) is 12.5 Å². The van der Waals surface area contributed by atoms with Gasteiger partial charge in [0.05, 0.1) is 6.61 Å². The van der Waals surface area contributed by atoms with E-state index in [0.717, 1.165) is 0 Å². The van der Waals surface area contributed by atoms with E-state index >= 15 is 0 Å². The van der Waals surface area contributed by atoms with E-state index in [9.17, 15) is 4.79 Å². The molecule has 0 aliphatic rings. The molecule has 90 valence electrons. The third kappa shape index (κ3) is 4.54. The van der Waals surface area contributed by atoms with E-state index in [-0.39, 0.29) is 16.8 Å². The number of hydrogen-bond acceptors (Lipinski definition) is 3. The molecular weight excluding hydrogens is 263 g/mol. The molecule has 0 saturated heterocycles. The molecule has 4 nitrogen and oxygen atoms in total. The predicted octanol–water partition coefficient (Wildman–Crippen LogP) is 4.40. The number of nitrogens with zero attached hydrogens (tertiary/aromatic N) is 2. The Balaban J connectivity index is 2.91. The molecular formula is C11H10Cl2N2O2. The monoisotopic (exact) mass is 272 g/mol. The van der Waals surface area contributed by atoms with E-state index in [4.69, 9.17) is 23.2 Å². The number of halogens is 2. The maximum atomic E-state index is 11.0. The normalized spacial score (nSPS) is 10.3. The summed E-state index contributed by atoms with van der Waals surface area (Å²) in [6.45, 7) is 1.91. The van der Waals surface area contributed by atoms with Crippen molar-refractivity contribution in [2.75, 3.05) is 6.61 Å². The highest BCUT2D eigenvalue weighted by molar-refractivity contribution is 6.58. The van der Waals surface area contributed by atoms with Crippen molar-refractivity contribution < 1.29 is 9.53 Å². The Morgan fingerprint density at radius 3 is 2.41 bits per heavy atom. The van der Waals surface area contributed by atoms with Gasteiger partial charge in [0.1, 0.15) is 10.2 Å². The summed E-state index contributed by atoms with van der Waals surface area (Å²) in [5.74, 6) is 0. The molecule has 0 N–H and O–H groups in total. The number of ether oxygens (including phenoxy) is 1. The van der Waals surface area contributed by atoms with Crippen LogP contribution >= 0.6 is 23.2 Å². The molecule has 0 fully saturated rings. The van der Waals surface area contributed by atoms with Gasteiger partial charge in [-0.3, -0.25) is 0 Å². The van der Waals surface area contributed by atoms with Crippen molar-refractivity contribution >= 4 is 35.0 Å². The molecule has 0 aliphatic carbocycles. The summed E-state index contributed by atoms with van der Waals surface area (Å²) < 4.78 is 4.53. The summed E-state index contributed by atoms with van der Waals surface area (Å²) in [4.78, 5) is 11.0. The molecule has 6 heteroatoms. The first-order valence-electron chi connectivity index (χ1n) is 4.84. The van der Waals surface area contributed by atoms with E-state index in [1.54, 1.807) is 31.2 Å². The molecule has 0 atom stereocenters. The fourth-order valence-corrected chi connectivity index (χ4v) is 1.34. The Hall–Kier alpha value is -1.39. The Morgan fingerprint density at radius 2 is 1.88 bits per heavy atom. The highest BCUT2D eigenvalue weighted by Gasteiger charge is 2.06. The number of benzene rings is 1. The lowest BCUT2D eigenvalue weighted by atomic mass is 10.2. The molecule has 0 saturated carbocycles. The largest absolute Gasteiger partial charge is 0.452 e. The molecule has 17 heavy (non-hydrogen) atoms. The smallest absolute Gasteiger partial charge is 0.447 e. The SMILES string of the molecule is CCOC(=O)N=NC(=C(Cl)Cl)c1ccccc1. The second-order valence-corrected chi connectivity index (χ2v) is 3.82. The zero-order valence-corrected chi connectivity index (χ0v) is 10.6. The fourth-order valence-electron chi connectivity index (χ4n) is 1.04. The van der Waals surface area contributed by atoms with Crippen molar-refractivity contribution in [1.29, 1.82) is 0 Å². The summed E-state index contributed by atoms with van der Waals surface area (Å²) in [6, 6.07) is 8.94. The first kappa shape index (κ1) is 13.7. The van der Waals surface area contributed by atoms with Gasteiger partial charge in [-0.2, -0.15) is 0 Å². The topological polar surface area (TPSA) is 51.0 Å². The molecule has 0 unspecified atom stereocenters. The van der Waals surface area contributed by atoms with E-state index in [2.05, 4.69) is 15.0 Å². The lowest BCUT2D eigenvalue weighted by Crippen LogP contribution is -1.96. The van der Waals surface area contributed by atoms with Crippen LogP contribution in [0, 0.1) is 0 Å². The van der Waals surface area contributed by atoms with Crippen LogP contribution in [0.15, 0.2) is 45.1 Å². The van der Waals surface area contributed by atoms with Crippen LogP contribution in [0.2, 0.25) is 0 Å². The third-order valence-electron chi connectivity index (χ3n) is 1.73. The predicted molar refractivity (Wildman–Crippen MR) is 66.9 cm³/mol. The highest BCUT2D eigenvalue weighted by Crippen LogP contribution is 2.25. The van der Waals surface area contributed by atoms with Gasteiger partial charge in [-0.15, -0.1) is 5.11 Å². The van der Waals surface area contributed by atoms with Crippen molar-refractivity contribution in [1.82, 2.24) is 0 Å². The summed E-state index contributed by atoms with van der Waals surface area (Å²) >= 11 is 11.4. The minimum Gasteiger partial charge on any atom is -0.447 e. The number of azo groups is 1. The Morgan fingerprint density at radius 1 is 1.24 bits per heavy atom. The quantitative estimate of drug-likeness (QED) is 0.766. The van der Waals surface area contributed by atoms with Crippen LogP contribution in [0.5, 0.6) is 0 Å². The lowest BCUT2D eigenvalue weighted by molar-refractivity contribution is 0.162. The minimum atomic E-state index is -0.782. The molecule has 0 aromatic heterocycles. The van der Waals surface area contributed by atoms with Crippen molar-refractivity contribution in [2.45, 2.75) is 6.92 Å². The first-order chi connectivity index (χ1) is 8.15. The first-order valence-corrected chi connectivity index (χ1v) is 5.60. The average Bonchev–Trinajstić information content (AvgIpc) is 2.30. The van der Waals surface area contributed by atoms with Gasteiger partial charge in [-0.25, -0.2) is 4.79 Å². The molecule has 0 aliphatic heterocycles. The number of carbonyl (C=O) groups is 1. The second kappa shape index (κ2) is 7.04. The number of rotatable bonds is 3. The Bertz CT molecular complexity index is 440. The van der Waals surface area contributed by atoms with Gasteiger partial charge in [0.15, 0.2) is 0 Å². The molecule has 1 aromatic carbocycles. The van der Waals surface area contributed by atoms with Gasteiger partial charge in [0.2, 0.25) is 0 Å². The van der Waals surface area contributed by atoms with Gasteiger partial charge in [0.25, 0.3) is 0 Å². The third-order valence-corrected chi connectivity index (χ3v) is 2.08. The Kier molecular flexibility index (Phi) is 5.66. The van der Waals surface area contributed by atoms with E-state index in [1.807, 2.05) is 6.07 Å². The standard InChI is InChI=1S/C11H10Cl2N2O2/c1-2-17-11(16)15-14-9(10(12)13)8-6-4-3-5-7-8/h3-7H,2H2,1H3. The molecule has 0 bridgehead atoms. The highest BCUT2D eigenvalue weighted by atomic mass is 35.5. The number of hydrogen-bond donors (Lipinski definition) is 0. The second-order valence-electron chi connectivity index (χ2n) is 2.87. The molecule has 0 heterocycles. The van der Waals surface area contributed by atoms with Crippen molar-refractivity contribution in [2.24, 2.45) is 10.2 Å². The maximum Gasteiger partial charge on any atom is 0.452 e. The van der Waals surface area contributed by atoms with E-state index < -0.39 is 6.09 Å². The molecule has 1 rings (SSSR count). The van der Waals surface area contributed by atoms with Gasteiger partial charge < -0.3 is 4.74 Å². The van der Waals surface area contributed by atoms with Crippen LogP contribution < -0.4 is 0 Å². The zero-order chi connectivity index (χ0) is 12.7. The van der Waals surface area contributed by atoms with Crippen LogP contribution in [-0.2, 0) is 4.74 Å². The summed E-state index contributed by atoms with van der Waals surface area (Å²) in [5.41, 5.74) is 0.891. The van der Waals surface area contributed by atoms with Gasteiger partial charge in [-0.05, 0) is 6.92 Å². The minimum absolute atomic E-state index is 0.0655. The van der Waals surface area contributed by atoms with Crippen LogP contribution in [0.4, 0.5) is 4.79 Å². The van der Waals surface area contributed by atoms with Gasteiger partial charge in [0, 0.05) is 5.56 Å². The fraction of sp³-hybridized carbons (Fsp3) is 0.182. The zero-order valence-electron chi connectivity index (χ0n) is 9.06. The maximum absolute atomic E-state index is 11.0. The van der Waals surface area contributed by atoms with Crippen molar-refractivity contribution in [3.8, 4) is 0 Å². The molecule has 1 amide bonds.